The smallest absolute Gasteiger partial charge is 0.272 e. The lowest BCUT2D eigenvalue weighted by molar-refractivity contribution is -0.385. The number of nitro groups is 1. The molecule has 1 amide bonds. The van der Waals surface area contributed by atoms with Crippen LogP contribution in [0.2, 0.25) is 0 Å². The van der Waals surface area contributed by atoms with E-state index in [4.69, 9.17) is 0 Å². The Hall–Kier alpha value is -3.65. The van der Waals surface area contributed by atoms with Crippen molar-refractivity contribution in [3.8, 4) is 0 Å². The first-order chi connectivity index (χ1) is 14.0. The Labute approximate surface area is 170 Å². The summed E-state index contributed by atoms with van der Waals surface area (Å²) in [7, 11) is 0. The molecule has 0 radical (unpaired) electrons. The highest BCUT2D eigenvalue weighted by atomic mass is 32.2. The third-order valence-corrected chi connectivity index (χ3v) is 5.24. The van der Waals surface area contributed by atoms with Crippen molar-refractivity contribution in [2.75, 3.05) is 5.32 Å². The van der Waals surface area contributed by atoms with Crippen LogP contribution in [0.4, 0.5) is 11.4 Å². The van der Waals surface area contributed by atoms with E-state index in [0.29, 0.717) is 16.8 Å². The standard InChI is InChI=1S/C21H16N4O3S/c1-13-12-14(6-11-19(13)25(27)28)20(26)22-15-7-9-16(10-8-15)29-21-23-17-4-2-3-5-18(17)24-21/h2-12H,1H3,(H,22,26)(H,23,24). The zero-order chi connectivity index (χ0) is 20.4. The van der Waals surface area contributed by atoms with E-state index in [0.717, 1.165) is 21.1 Å². The number of nitrogens with zero attached hydrogens (tertiary/aromatic N) is 2. The van der Waals surface area contributed by atoms with Gasteiger partial charge in [-0.25, -0.2) is 4.98 Å². The van der Waals surface area contributed by atoms with Gasteiger partial charge < -0.3 is 10.3 Å². The van der Waals surface area contributed by atoms with E-state index in [1.807, 2.05) is 36.4 Å². The van der Waals surface area contributed by atoms with Gasteiger partial charge in [-0.2, -0.15) is 0 Å². The van der Waals surface area contributed by atoms with Crippen LogP contribution in [-0.4, -0.2) is 20.8 Å². The van der Waals surface area contributed by atoms with E-state index in [2.05, 4.69) is 15.3 Å². The number of aromatic nitrogens is 2. The fraction of sp³-hybridized carbons (Fsp3) is 0.0476. The van der Waals surface area contributed by atoms with Crippen LogP contribution in [0, 0.1) is 17.0 Å². The maximum atomic E-state index is 12.4. The van der Waals surface area contributed by atoms with Crippen LogP contribution in [0.1, 0.15) is 15.9 Å². The second-order valence-corrected chi connectivity index (χ2v) is 7.46. The van der Waals surface area contributed by atoms with Gasteiger partial charge in [0.05, 0.1) is 16.0 Å². The fourth-order valence-corrected chi connectivity index (χ4v) is 3.70. The lowest BCUT2D eigenvalue weighted by Gasteiger charge is -2.07. The molecule has 4 aromatic rings. The number of benzene rings is 3. The van der Waals surface area contributed by atoms with Crippen molar-refractivity contribution >= 4 is 40.1 Å². The molecule has 8 heteroatoms. The number of nitro benzene ring substituents is 1. The van der Waals surface area contributed by atoms with E-state index in [1.165, 1.54) is 30.0 Å². The van der Waals surface area contributed by atoms with E-state index >= 15 is 0 Å². The molecule has 0 spiro atoms. The molecule has 0 aliphatic carbocycles. The molecule has 1 heterocycles. The van der Waals surface area contributed by atoms with Crippen molar-refractivity contribution in [2.45, 2.75) is 17.0 Å². The highest BCUT2D eigenvalue weighted by Gasteiger charge is 2.14. The maximum Gasteiger partial charge on any atom is 0.272 e. The number of para-hydroxylation sites is 2. The van der Waals surface area contributed by atoms with Crippen LogP contribution < -0.4 is 5.32 Å². The summed E-state index contributed by atoms with van der Waals surface area (Å²) in [6, 6.07) is 19.5. The van der Waals surface area contributed by atoms with Crippen LogP contribution >= 0.6 is 11.8 Å². The summed E-state index contributed by atoms with van der Waals surface area (Å²) in [4.78, 5) is 31.6. The Morgan fingerprint density at radius 3 is 2.55 bits per heavy atom. The number of carbonyl (C=O) groups is 1. The molecule has 144 valence electrons. The van der Waals surface area contributed by atoms with Crippen molar-refractivity contribution in [1.82, 2.24) is 9.97 Å². The summed E-state index contributed by atoms with van der Waals surface area (Å²) in [6.07, 6.45) is 0. The van der Waals surface area contributed by atoms with E-state index in [9.17, 15) is 14.9 Å². The molecule has 2 N–H and O–H groups in total. The molecular formula is C21H16N4O3S. The summed E-state index contributed by atoms with van der Waals surface area (Å²) in [6.45, 7) is 1.61. The lowest BCUT2D eigenvalue weighted by Crippen LogP contribution is -2.12. The van der Waals surface area contributed by atoms with Crippen LogP contribution in [0.3, 0.4) is 0 Å². The maximum absolute atomic E-state index is 12.4. The first-order valence-corrected chi connectivity index (χ1v) is 9.60. The first-order valence-electron chi connectivity index (χ1n) is 8.79. The van der Waals surface area contributed by atoms with E-state index < -0.39 is 4.92 Å². The van der Waals surface area contributed by atoms with E-state index in [1.54, 1.807) is 19.1 Å². The number of carbonyl (C=O) groups excluding carboxylic acids is 1. The zero-order valence-electron chi connectivity index (χ0n) is 15.4. The second kappa shape index (κ2) is 7.76. The van der Waals surface area contributed by atoms with Crippen LogP contribution in [0.25, 0.3) is 11.0 Å². The van der Waals surface area contributed by atoms with E-state index in [-0.39, 0.29) is 11.6 Å². The minimum absolute atomic E-state index is 0.00600. The van der Waals surface area contributed by atoms with Crippen molar-refractivity contribution in [2.24, 2.45) is 0 Å². The highest BCUT2D eigenvalue weighted by molar-refractivity contribution is 7.99. The predicted octanol–water partition coefficient (Wildman–Crippen LogP) is 5.18. The number of fused-ring (bicyclic) bond motifs is 1. The molecule has 0 aliphatic rings. The number of anilines is 1. The number of hydrogen-bond donors (Lipinski definition) is 2. The molecule has 4 rings (SSSR count). The topological polar surface area (TPSA) is 101 Å². The summed E-state index contributed by atoms with van der Waals surface area (Å²) >= 11 is 1.50. The lowest BCUT2D eigenvalue weighted by atomic mass is 10.1. The van der Waals surface area contributed by atoms with Crippen molar-refractivity contribution in [3.63, 3.8) is 0 Å². The van der Waals surface area contributed by atoms with Crippen LogP contribution in [0.5, 0.6) is 0 Å². The first kappa shape index (κ1) is 18.7. The molecule has 0 saturated heterocycles. The SMILES string of the molecule is Cc1cc(C(=O)Nc2ccc(Sc3nc4ccccc4[nH]3)cc2)ccc1[N+](=O)[O-]. The third-order valence-electron chi connectivity index (χ3n) is 4.35. The summed E-state index contributed by atoms with van der Waals surface area (Å²) < 4.78 is 0. The van der Waals surface area contributed by atoms with Gasteiger partial charge in [-0.1, -0.05) is 23.9 Å². The number of H-pyrrole nitrogens is 1. The Morgan fingerprint density at radius 1 is 1.10 bits per heavy atom. The molecule has 1 aromatic heterocycles. The predicted molar refractivity (Wildman–Crippen MR) is 112 cm³/mol. The van der Waals surface area contributed by atoms with Crippen molar-refractivity contribution in [3.05, 3.63) is 88.0 Å². The molecule has 0 atom stereocenters. The zero-order valence-corrected chi connectivity index (χ0v) is 16.2. The monoisotopic (exact) mass is 404 g/mol. The Bertz CT molecular complexity index is 1190. The van der Waals surface area contributed by atoms with Gasteiger partial charge in [0, 0.05) is 27.8 Å². The van der Waals surface area contributed by atoms with Gasteiger partial charge >= 0.3 is 0 Å². The van der Waals surface area contributed by atoms with Crippen molar-refractivity contribution in [1.29, 1.82) is 0 Å². The molecule has 0 aliphatic heterocycles. The average Bonchev–Trinajstić information content (AvgIpc) is 3.11. The number of nitrogens with one attached hydrogen (secondary N) is 2. The quantitative estimate of drug-likeness (QED) is 0.352. The van der Waals surface area contributed by atoms with Crippen molar-refractivity contribution < 1.29 is 9.72 Å². The highest BCUT2D eigenvalue weighted by Crippen LogP contribution is 2.28. The van der Waals surface area contributed by atoms with Gasteiger partial charge in [-0.3, -0.25) is 14.9 Å². The Balaban J connectivity index is 1.44. The third kappa shape index (κ3) is 4.12. The minimum atomic E-state index is -0.463. The average molecular weight is 404 g/mol. The largest absolute Gasteiger partial charge is 0.333 e. The molecule has 0 saturated carbocycles. The second-order valence-electron chi connectivity index (χ2n) is 6.40. The molecule has 7 nitrogen and oxygen atoms in total. The normalized spacial score (nSPS) is 10.8. The number of rotatable bonds is 5. The molecule has 3 aromatic carbocycles. The Kier molecular flexibility index (Phi) is 5.01. The summed E-state index contributed by atoms with van der Waals surface area (Å²) in [5.74, 6) is -0.319. The number of imidazole rings is 1. The minimum Gasteiger partial charge on any atom is -0.333 e. The molecule has 29 heavy (non-hydrogen) atoms. The van der Waals surface area contributed by atoms with Gasteiger partial charge in [0.1, 0.15) is 0 Å². The van der Waals surface area contributed by atoms with Gasteiger partial charge in [-0.05, 0) is 55.5 Å². The van der Waals surface area contributed by atoms with Gasteiger partial charge in [0.15, 0.2) is 5.16 Å². The number of amides is 1. The fourth-order valence-electron chi connectivity index (χ4n) is 2.90. The summed E-state index contributed by atoms with van der Waals surface area (Å²) in [5.41, 5.74) is 3.34. The van der Waals surface area contributed by atoms with Gasteiger partial charge in [-0.15, -0.1) is 0 Å². The molecule has 0 bridgehead atoms. The van der Waals surface area contributed by atoms with Crippen LogP contribution in [0.15, 0.2) is 76.8 Å². The number of hydrogen-bond acceptors (Lipinski definition) is 5. The Morgan fingerprint density at radius 2 is 1.86 bits per heavy atom. The van der Waals surface area contributed by atoms with Gasteiger partial charge in [0.2, 0.25) is 0 Å². The van der Waals surface area contributed by atoms with Gasteiger partial charge in [0.25, 0.3) is 11.6 Å². The molecule has 0 unspecified atom stereocenters. The number of aryl methyl sites for hydroxylation is 1. The summed E-state index contributed by atoms with van der Waals surface area (Å²) in [5, 5.41) is 14.5. The molecular weight excluding hydrogens is 388 g/mol. The number of aromatic amines is 1. The molecule has 0 fully saturated rings. The van der Waals surface area contributed by atoms with Crippen LogP contribution in [-0.2, 0) is 0 Å².